The molecule has 0 spiro atoms. The number of anilines is 2. The second-order valence-corrected chi connectivity index (χ2v) is 6.98. The number of amides is 2. The molecule has 5 nitrogen and oxygen atoms in total. The van der Waals surface area contributed by atoms with E-state index >= 15 is 0 Å². The van der Waals surface area contributed by atoms with Gasteiger partial charge in [0, 0.05) is 18.4 Å². The minimum absolute atomic E-state index is 0.0138. The van der Waals surface area contributed by atoms with Gasteiger partial charge in [-0.1, -0.05) is 43.2 Å². The maximum Gasteiger partial charge on any atom is 0.244 e. The SMILES string of the molecule is CN(C(=O)Cc1ccc(NC(=O)C2(N)CCCC2)cc1)c1ccccc1. The van der Waals surface area contributed by atoms with Crippen LogP contribution < -0.4 is 16.0 Å². The number of nitrogens with two attached hydrogens (primary N) is 1. The van der Waals surface area contributed by atoms with Crippen molar-refractivity contribution in [3.63, 3.8) is 0 Å². The number of carbonyl (C=O) groups excluding carboxylic acids is 2. The van der Waals surface area contributed by atoms with Crippen molar-refractivity contribution in [1.29, 1.82) is 0 Å². The van der Waals surface area contributed by atoms with Crippen LogP contribution in [0.15, 0.2) is 54.6 Å². The number of nitrogens with one attached hydrogen (secondary N) is 1. The molecule has 0 radical (unpaired) electrons. The van der Waals surface area contributed by atoms with Gasteiger partial charge in [-0.15, -0.1) is 0 Å². The molecular formula is C21H25N3O2. The van der Waals surface area contributed by atoms with Crippen LogP contribution in [0.25, 0.3) is 0 Å². The number of rotatable bonds is 5. The smallest absolute Gasteiger partial charge is 0.244 e. The fourth-order valence-corrected chi connectivity index (χ4v) is 3.28. The second-order valence-electron chi connectivity index (χ2n) is 6.98. The van der Waals surface area contributed by atoms with Gasteiger partial charge in [0.05, 0.1) is 12.0 Å². The molecule has 26 heavy (non-hydrogen) atoms. The van der Waals surface area contributed by atoms with Crippen molar-refractivity contribution in [3.05, 3.63) is 60.2 Å². The number of hydrogen-bond donors (Lipinski definition) is 2. The predicted octanol–water partition coefficient (Wildman–Crippen LogP) is 3.10. The quantitative estimate of drug-likeness (QED) is 0.869. The van der Waals surface area contributed by atoms with Crippen molar-refractivity contribution < 1.29 is 9.59 Å². The van der Waals surface area contributed by atoms with E-state index in [-0.39, 0.29) is 11.8 Å². The van der Waals surface area contributed by atoms with E-state index < -0.39 is 5.54 Å². The maximum atomic E-state index is 12.4. The van der Waals surface area contributed by atoms with Gasteiger partial charge in [-0.25, -0.2) is 0 Å². The highest BCUT2D eigenvalue weighted by Gasteiger charge is 2.36. The molecule has 0 aromatic heterocycles. The molecule has 136 valence electrons. The normalized spacial score (nSPS) is 15.5. The van der Waals surface area contributed by atoms with Gasteiger partial charge in [0.2, 0.25) is 11.8 Å². The predicted molar refractivity (Wildman–Crippen MR) is 104 cm³/mol. The fourth-order valence-electron chi connectivity index (χ4n) is 3.28. The molecule has 2 aromatic rings. The minimum Gasteiger partial charge on any atom is -0.324 e. The number of nitrogens with zero attached hydrogens (tertiary/aromatic N) is 1. The van der Waals surface area contributed by atoms with Crippen LogP contribution in [0, 0.1) is 0 Å². The topological polar surface area (TPSA) is 75.4 Å². The van der Waals surface area contributed by atoms with Crippen LogP contribution in [-0.2, 0) is 16.0 Å². The maximum absolute atomic E-state index is 12.4. The molecule has 2 aromatic carbocycles. The summed E-state index contributed by atoms with van der Waals surface area (Å²) in [6.45, 7) is 0. The number of carbonyl (C=O) groups is 2. The Labute approximate surface area is 154 Å². The first kappa shape index (κ1) is 18.1. The summed E-state index contributed by atoms with van der Waals surface area (Å²) >= 11 is 0. The van der Waals surface area contributed by atoms with E-state index in [1.807, 2.05) is 54.6 Å². The summed E-state index contributed by atoms with van der Waals surface area (Å²) in [4.78, 5) is 26.4. The van der Waals surface area contributed by atoms with Crippen LogP contribution >= 0.6 is 0 Å². The zero-order valence-corrected chi connectivity index (χ0v) is 15.1. The Kier molecular flexibility index (Phi) is 5.38. The van der Waals surface area contributed by atoms with Crippen molar-refractivity contribution in [2.24, 2.45) is 5.73 Å². The molecule has 2 amide bonds. The lowest BCUT2D eigenvalue weighted by atomic mass is 9.98. The largest absolute Gasteiger partial charge is 0.324 e. The van der Waals surface area contributed by atoms with Crippen molar-refractivity contribution in [1.82, 2.24) is 0 Å². The monoisotopic (exact) mass is 351 g/mol. The Bertz CT molecular complexity index is 766. The third-order valence-electron chi connectivity index (χ3n) is 5.03. The van der Waals surface area contributed by atoms with Gasteiger partial charge in [0.1, 0.15) is 0 Å². The van der Waals surface area contributed by atoms with Crippen molar-refractivity contribution in [2.75, 3.05) is 17.3 Å². The molecule has 1 aliphatic carbocycles. The van der Waals surface area contributed by atoms with Crippen molar-refractivity contribution in [3.8, 4) is 0 Å². The number of para-hydroxylation sites is 1. The van der Waals surface area contributed by atoms with Gasteiger partial charge < -0.3 is 16.0 Å². The highest BCUT2D eigenvalue weighted by atomic mass is 16.2. The van der Waals surface area contributed by atoms with Gasteiger partial charge in [0.15, 0.2) is 0 Å². The summed E-state index contributed by atoms with van der Waals surface area (Å²) in [6, 6.07) is 16.9. The van der Waals surface area contributed by atoms with Gasteiger partial charge in [-0.3, -0.25) is 9.59 Å². The highest BCUT2D eigenvalue weighted by molar-refractivity contribution is 5.98. The highest BCUT2D eigenvalue weighted by Crippen LogP contribution is 2.28. The molecule has 0 aliphatic heterocycles. The zero-order valence-electron chi connectivity index (χ0n) is 15.1. The first-order valence-electron chi connectivity index (χ1n) is 8.99. The molecule has 0 bridgehead atoms. The fraction of sp³-hybridized carbons (Fsp3) is 0.333. The van der Waals surface area contributed by atoms with Gasteiger partial charge in [-0.05, 0) is 42.7 Å². The van der Waals surface area contributed by atoms with E-state index in [1.165, 1.54) is 0 Å². The van der Waals surface area contributed by atoms with Crippen LogP contribution in [0.1, 0.15) is 31.2 Å². The van der Waals surface area contributed by atoms with Gasteiger partial charge in [-0.2, -0.15) is 0 Å². The van der Waals surface area contributed by atoms with E-state index in [0.717, 1.165) is 36.9 Å². The molecule has 3 rings (SSSR count). The van der Waals surface area contributed by atoms with E-state index in [4.69, 9.17) is 5.73 Å². The Balaban J connectivity index is 1.59. The second kappa shape index (κ2) is 7.70. The molecule has 1 saturated carbocycles. The average Bonchev–Trinajstić information content (AvgIpc) is 3.11. The Morgan fingerprint density at radius 3 is 2.27 bits per heavy atom. The average molecular weight is 351 g/mol. The van der Waals surface area contributed by atoms with Crippen LogP contribution in [0.2, 0.25) is 0 Å². The molecule has 0 atom stereocenters. The van der Waals surface area contributed by atoms with Crippen LogP contribution in [-0.4, -0.2) is 24.4 Å². The van der Waals surface area contributed by atoms with E-state index in [1.54, 1.807) is 11.9 Å². The summed E-state index contributed by atoms with van der Waals surface area (Å²) in [7, 11) is 1.77. The molecule has 1 aliphatic rings. The molecule has 3 N–H and O–H groups in total. The molecule has 0 saturated heterocycles. The Morgan fingerprint density at radius 2 is 1.65 bits per heavy atom. The third kappa shape index (κ3) is 4.11. The molecular weight excluding hydrogens is 326 g/mol. The first-order chi connectivity index (χ1) is 12.5. The summed E-state index contributed by atoms with van der Waals surface area (Å²) in [5.41, 5.74) is 7.91. The number of benzene rings is 2. The number of hydrogen-bond acceptors (Lipinski definition) is 3. The lowest BCUT2D eigenvalue weighted by Gasteiger charge is -2.22. The Morgan fingerprint density at radius 1 is 1.04 bits per heavy atom. The number of likely N-dealkylation sites (N-methyl/N-ethyl adjacent to an activating group) is 1. The van der Waals surface area contributed by atoms with Crippen molar-refractivity contribution >= 4 is 23.2 Å². The standard InChI is InChI=1S/C21H25N3O2/c1-24(18-7-3-2-4-8-18)19(25)15-16-9-11-17(12-10-16)23-20(26)21(22)13-5-6-14-21/h2-4,7-12H,5-6,13-15,22H2,1H3,(H,23,26). The lowest BCUT2D eigenvalue weighted by Crippen LogP contribution is -2.48. The van der Waals surface area contributed by atoms with Gasteiger partial charge >= 0.3 is 0 Å². The van der Waals surface area contributed by atoms with E-state index in [0.29, 0.717) is 12.1 Å². The van der Waals surface area contributed by atoms with Gasteiger partial charge in [0.25, 0.3) is 0 Å². The molecule has 1 fully saturated rings. The summed E-state index contributed by atoms with van der Waals surface area (Å²) in [5, 5.41) is 2.89. The molecule has 0 unspecified atom stereocenters. The summed E-state index contributed by atoms with van der Waals surface area (Å²) < 4.78 is 0. The summed E-state index contributed by atoms with van der Waals surface area (Å²) in [5.74, 6) is -0.109. The first-order valence-corrected chi connectivity index (χ1v) is 8.99. The third-order valence-corrected chi connectivity index (χ3v) is 5.03. The van der Waals surface area contributed by atoms with Crippen LogP contribution in [0.5, 0.6) is 0 Å². The van der Waals surface area contributed by atoms with Crippen molar-refractivity contribution in [2.45, 2.75) is 37.6 Å². The molecule has 5 heteroatoms. The summed E-state index contributed by atoms with van der Waals surface area (Å²) in [6.07, 6.45) is 3.77. The minimum atomic E-state index is -0.743. The molecule has 0 heterocycles. The lowest BCUT2D eigenvalue weighted by molar-refractivity contribution is -0.121. The zero-order chi connectivity index (χ0) is 18.6. The van der Waals surface area contributed by atoms with E-state index in [2.05, 4.69) is 5.32 Å². The van der Waals surface area contributed by atoms with Crippen LogP contribution in [0.3, 0.4) is 0 Å². The van der Waals surface area contributed by atoms with Crippen LogP contribution in [0.4, 0.5) is 11.4 Å². The van der Waals surface area contributed by atoms with E-state index in [9.17, 15) is 9.59 Å². The Hall–Kier alpha value is -2.66.